The number of rotatable bonds is 25. The van der Waals surface area contributed by atoms with Crippen LogP contribution < -0.4 is 14.2 Å². The molecule has 2 N–H and O–H groups in total. The Bertz CT molecular complexity index is 2480. The molecule has 0 bridgehead atoms. The monoisotopic (exact) mass is 990 g/mol. The molecule has 2 aliphatic heterocycles. The molecule has 4 aliphatic rings. The average molecular weight is 991 g/mol. The van der Waals surface area contributed by atoms with E-state index in [0.717, 1.165) is 55.1 Å². The van der Waals surface area contributed by atoms with Gasteiger partial charge >= 0.3 is 6.09 Å². The third-order valence-electron chi connectivity index (χ3n) is 14.1. The molecule has 8 rings (SSSR count). The van der Waals surface area contributed by atoms with Crippen molar-refractivity contribution in [2.45, 2.75) is 101 Å². The van der Waals surface area contributed by atoms with Gasteiger partial charge in [0.2, 0.25) is 12.1 Å². The Balaban J connectivity index is 1.28. The van der Waals surface area contributed by atoms with Crippen LogP contribution in [0.1, 0.15) is 97.2 Å². The van der Waals surface area contributed by atoms with Crippen molar-refractivity contribution < 1.29 is 62.2 Å². The number of aliphatic hydroxyl groups is 2. The molecule has 1 unspecified atom stereocenters. The van der Waals surface area contributed by atoms with Crippen LogP contribution in [0.3, 0.4) is 0 Å². The molecule has 15 heteroatoms. The average Bonchev–Trinajstić information content (AvgIpc) is 3.41. The van der Waals surface area contributed by atoms with E-state index in [2.05, 4.69) is 12.7 Å². The van der Waals surface area contributed by atoms with Crippen molar-refractivity contribution in [3.8, 4) is 23.0 Å². The van der Waals surface area contributed by atoms with Gasteiger partial charge in [0, 0.05) is 44.1 Å². The molecule has 14 nitrogen and oxygen atoms in total. The quantitative estimate of drug-likeness (QED) is 0.0280. The summed E-state index contributed by atoms with van der Waals surface area (Å²) >= 11 is 0. The van der Waals surface area contributed by atoms with Gasteiger partial charge in [0.25, 0.3) is 0 Å². The van der Waals surface area contributed by atoms with Crippen molar-refractivity contribution in [2.24, 2.45) is 22.9 Å². The summed E-state index contributed by atoms with van der Waals surface area (Å²) in [5.74, 6) is -1.27. The zero-order chi connectivity index (χ0) is 50.3. The van der Waals surface area contributed by atoms with Crippen molar-refractivity contribution in [3.63, 3.8) is 0 Å². The Morgan fingerprint density at radius 1 is 0.931 bits per heavy atom. The maximum absolute atomic E-state index is 15.0. The van der Waals surface area contributed by atoms with E-state index in [9.17, 15) is 19.4 Å². The summed E-state index contributed by atoms with van der Waals surface area (Å²) in [6, 6.07) is 25.5. The number of ether oxygens (including phenoxy) is 7. The van der Waals surface area contributed by atoms with Gasteiger partial charge in [0.1, 0.15) is 41.5 Å². The third-order valence-corrected chi connectivity index (χ3v) is 14.1. The highest BCUT2D eigenvalue weighted by molar-refractivity contribution is 6.03. The number of allylic oxidation sites excluding steroid dienone is 1. The van der Waals surface area contributed by atoms with E-state index in [4.69, 9.17) is 43.2 Å². The molecule has 4 aromatic rings. The number of carbonyl (C=O) groups excluding carboxylic acids is 2. The molecule has 0 aromatic heterocycles. The lowest BCUT2D eigenvalue weighted by atomic mass is 9.55. The number of hydrogen-bond donors (Lipinski definition) is 2. The fourth-order valence-corrected chi connectivity index (χ4v) is 10.8. The molecule has 0 spiro atoms. The van der Waals surface area contributed by atoms with E-state index in [1.54, 1.807) is 47.4 Å². The number of fused-ring (bicyclic) bond motifs is 2. The van der Waals surface area contributed by atoms with Crippen molar-refractivity contribution >= 4 is 18.1 Å². The van der Waals surface area contributed by atoms with Gasteiger partial charge in [-0.15, -0.1) is 6.58 Å². The summed E-state index contributed by atoms with van der Waals surface area (Å²) in [6.45, 7) is 5.11. The second kappa shape index (κ2) is 25.5. The summed E-state index contributed by atoms with van der Waals surface area (Å²) in [6.07, 6.45) is 10.2. The molecule has 1 saturated heterocycles. The molecule has 1 amide bonds. The minimum absolute atomic E-state index is 0.0124. The molecule has 2 fully saturated rings. The first-order valence-electron chi connectivity index (χ1n) is 25.3. The molecule has 2 heterocycles. The minimum atomic E-state index is -1.61. The smallest absolute Gasteiger partial charge is 0.410 e. The summed E-state index contributed by atoms with van der Waals surface area (Å²) < 4.78 is 59.0. The number of aldehydes is 1. The van der Waals surface area contributed by atoms with Gasteiger partial charge in [-0.05, 0) is 116 Å². The van der Waals surface area contributed by atoms with E-state index in [1.807, 2.05) is 42.5 Å². The zero-order valence-electron chi connectivity index (χ0n) is 41.0. The number of unbranched alkanes of at least 4 members (excludes halogenated alkanes) is 2. The Labute approximate surface area is 421 Å². The lowest BCUT2D eigenvalue weighted by Crippen LogP contribution is -2.70. The van der Waals surface area contributed by atoms with E-state index >= 15 is 4.79 Å². The molecule has 7 atom stereocenters. The second-order valence-electron chi connectivity index (χ2n) is 18.7. The lowest BCUT2D eigenvalue weighted by Gasteiger charge is -2.59. The van der Waals surface area contributed by atoms with Crippen LogP contribution >= 0.6 is 0 Å². The van der Waals surface area contributed by atoms with E-state index < -0.39 is 35.9 Å². The number of aliphatic hydroxyl groups excluding tert-OH is 2. The van der Waals surface area contributed by atoms with E-state index in [-0.39, 0.29) is 63.8 Å². The fraction of sp³-hybridized carbons (Fsp3) is 0.456. The first kappa shape index (κ1) is 52.2. The maximum atomic E-state index is 15.0. The van der Waals surface area contributed by atoms with Crippen LogP contribution in [0.4, 0.5) is 9.18 Å². The summed E-state index contributed by atoms with van der Waals surface area (Å²) in [5.41, 5.74) is 4.23. The van der Waals surface area contributed by atoms with Crippen LogP contribution in [0.2, 0.25) is 0 Å². The topological polar surface area (TPSA) is 164 Å². The molecular formula is C57H67FN2O12. The second-order valence-corrected chi connectivity index (χ2v) is 18.7. The van der Waals surface area contributed by atoms with Gasteiger partial charge < -0.3 is 48.2 Å². The van der Waals surface area contributed by atoms with E-state index in [1.165, 1.54) is 19.2 Å². The number of methoxy groups -OCH3 is 1. The van der Waals surface area contributed by atoms with Gasteiger partial charge in [-0.1, -0.05) is 72.6 Å². The predicted octanol–water partition coefficient (Wildman–Crippen LogP) is 10.5. The molecule has 1 saturated carbocycles. The van der Waals surface area contributed by atoms with Crippen LogP contribution in [0.15, 0.2) is 120 Å². The molecule has 0 radical (unpaired) electrons. The van der Waals surface area contributed by atoms with Crippen molar-refractivity contribution in [2.75, 3.05) is 46.8 Å². The van der Waals surface area contributed by atoms with Crippen LogP contribution in [-0.2, 0) is 36.9 Å². The van der Waals surface area contributed by atoms with Gasteiger partial charge in [-0.2, -0.15) is 0 Å². The lowest BCUT2D eigenvalue weighted by molar-refractivity contribution is -0.256. The van der Waals surface area contributed by atoms with E-state index in [0.29, 0.717) is 78.7 Å². The highest BCUT2D eigenvalue weighted by Gasteiger charge is 2.66. The summed E-state index contributed by atoms with van der Waals surface area (Å²) in [7, 11) is 1.50. The maximum Gasteiger partial charge on any atom is 0.410 e. The number of amides is 1. The number of benzene rings is 4. The molecule has 384 valence electrons. The third kappa shape index (κ3) is 12.4. The van der Waals surface area contributed by atoms with Crippen molar-refractivity contribution in [1.29, 1.82) is 0 Å². The van der Waals surface area contributed by atoms with Gasteiger partial charge in [-0.25, -0.2) is 9.18 Å². The fourth-order valence-electron chi connectivity index (χ4n) is 10.8. The standard InChI is InChI=1S/C57H67FN2O12/c1-3-28-69-57-52(60(36-39-18-20-43(58)21-19-39)56(64)68-31-30-66-38-40-13-5-4-6-14-40)35-49(59-72-53-17-9-12-29-67-53)47-33-41(15-7-10-26-61)46(16-8-11-27-62)54(55(47)57)48-34-45(23-25-51(48)71-57)70-44-22-24-50(65-2)42(32-44)37-63/h3-6,13-14,18-25,32-34,37,41,46,52-55,61-62H,1,7-12,15-17,26-31,35-36,38H2,2H3/t41-,46+,52-,53?,54+,55+,57+/m0/s1. The van der Waals surface area contributed by atoms with Crippen LogP contribution in [0, 0.1) is 23.6 Å². The van der Waals surface area contributed by atoms with Crippen LogP contribution in [0.5, 0.6) is 23.0 Å². The largest absolute Gasteiger partial charge is 0.496 e. The highest BCUT2D eigenvalue weighted by atomic mass is 19.1. The SMILES string of the molecule is C=CCO[C@@]12Oc3ccc(Oc4ccc(OC)c(C=O)c4)cc3[C@H]3[C@H](CCCCO)[C@@H](CCCCO)C=C(C(=NOC4CCCCO4)C[C@@H]1N(Cc1ccc(F)cc1)C(=O)OCCOCc1ccccc1)[C@H]32. The summed E-state index contributed by atoms with van der Waals surface area (Å²) in [4.78, 5) is 35.0. The van der Waals surface area contributed by atoms with Gasteiger partial charge in [0.15, 0.2) is 6.29 Å². The Morgan fingerprint density at radius 2 is 1.71 bits per heavy atom. The zero-order valence-corrected chi connectivity index (χ0v) is 41.0. The summed E-state index contributed by atoms with van der Waals surface area (Å²) in [5, 5.41) is 25.1. The number of halogens is 1. The number of nitrogens with zero attached hydrogens (tertiary/aromatic N) is 2. The molecular weight excluding hydrogens is 924 g/mol. The predicted molar refractivity (Wildman–Crippen MR) is 267 cm³/mol. The normalized spacial score (nSPS) is 23.7. The van der Waals surface area contributed by atoms with Crippen LogP contribution in [0.25, 0.3) is 0 Å². The van der Waals surface area contributed by atoms with Crippen molar-refractivity contribution in [3.05, 3.63) is 143 Å². The molecule has 2 aliphatic carbocycles. The van der Waals surface area contributed by atoms with Gasteiger partial charge in [0.05, 0.1) is 50.7 Å². The Kier molecular flexibility index (Phi) is 18.5. The first-order chi connectivity index (χ1) is 35.3. The highest BCUT2D eigenvalue weighted by Crippen LogP contribution is 2.62. The number of carbonyl (C=O) groups is 2. The molecule has 72 heavy (non-hydrogen) atoms. The van der Waals surface area contributed by atoms with Crippen LogP contribution in [-0.4, -0.2) is 98.1 Å². The Hall–Kier alpha value is -6.10. The minimum Gasteiger partial charge on any atom is -0.496 e. The van der Waals surface area contributed by atoms with Crippen molar-refractivity contribution in [1.82, 2.24) is 4.90 Å². The van der Waals surface area contributed by atoms with Gasteiger partial charge in [-0.3, -0.25) is 9.69 Å². The Morgan fingerprint density at radius 3 is 2.44 bits per heavy atom. The number of hydrogen-bond acceptors (Lipinski definition) is 13. The molecule has 4 aromatic carbocycles. The first-order valence-corrected chi connectivity index (χ1v) is 25.3. The number of oxime groups is 1.